The van der Waals surface area contributed by atoms with Gasteiger partial charge in [0, 0.05) is 55.4 Å². The van der Waals surface area contributed by atoms with Crippen molar-refractivity contribution in [3.8, 4) is 5.75 Å². The third-order valence-electron chi connectivity index (χ3n) is 7.69. The van der Waals surface area contributed by atoms with Crippen molar-refractivity contribution in [2.24, 2.45) is 11.8 Å². The first-order chi connectivity index (χ1) is 19.2. The number of para-hydroxylation sites is 1. The second-order valence-corrected chi connectivity index (χ2v) is 10.6. The smallest absolute Gasteiger partial charge is 0.224 e. The summed E-state index contributed by atoms with van der Waals surface area (Å²) in [6.07, 6.45) is 7.15. The Kier molecular flexibility index (Phi) is 7.54. The van der Waals surface area contributed by atoms with Crippen molar-refractivity contribution in [1.82, 2.24) is 20.2 Å². The normalized spacial score (nSPS) is 17.8. The van der Waals surface area contributed by atoms with Crippen molar-refractivity contribution in [2.75, 3.05) is 26.2 Å². The molecule has 1 aliphatic rings. The van der Waals surface area contributed by atoms with Gasteiger partial charge in [-0.05, 0) is 59.0 Å². The number of nitrogens with one attached hydrogen (secondary N) is 2. The van der Waals surface area contributed by atoms with Gasteiger partial charge in [-0.2, -0.15) is 0 Å². The van der Waals surface area contributed by atoms with Gasteiger partial charge in [0.25, 0.3) is 0 Å². The molecule has 198 valence electrons. The summed E-state index contributed by atoms with van der Waals surface area (Å²) in [4.78, 5) is 23.3. The second-order valence-electron chi connectivity index (χ2n) is 10.6. The topological polar surface area (TPSA) is 70.2 Å². The molecule has 1 saturated heterocycles. The highest BCUT2D eigenvalue weighted by Crippen LogP contribution is 2.26. The van der Waals surface area contributed by atoms with Gasteiger partial charge in [0.2, 0.25) is 5.91 Å². The molecule has 39 heavy (non-hydrogen) atoms. The van der Waals surface area contributed by atoms with Crippen LogP contribution in [0.1, 0.15) is 17.5 Å². The first-order valence-electron chi connectivity index (χ1n) is 13.8. The molecule has 2 atom stereocenters. The molecule has 0 radical (unpaired) electrons. The first-order valence-corrected chi connectivity index (χ1v) is 13.8. The van der Waals surface area contributed by atoms with E-state index in [1.807, 2.05) is 18.2 Å². The first kappa shape index (κ1) is 25.1. The SMILES string of the molecule is O=C(NCCc1c[nH]c2ccccc12)[C@@H]1C[C@H](COc2cccnc2)CN(Cc2ccc3ccccc3c2)C1. The molecule has 2 N–H and O–H groups in total. The number of aromatic nitrogens is 2. The Morgan fingerprint density at radius 2 is 1.87 bits per heavy atom. The fourth-order valence-corrected chi connectivity index (χ4v) is 5.79. The van der Waals surface area contributed by atoms with Crippen LogP contribution in [0.3, 0.4) is 0 Å². The monoisotopic (exact) mass is 518 g/mol. The van der Waals surface area contributed by atoms with E-state index in [9.17, 15) is 4.79 Å². The summed E-state index contributed by atoms with van der Waals surface area (Å²) >= 11 is 0. The number of carbonyl (C=O) groups excluding carboxylic acids is 1. The van der Waals surface area contributed by atoms with Crippen LogP contribution in [0, 0.1) is 11.8 Å². The van der Waals surface area contributed by atoms with Gasteiger partial charge in [-0.3, -0.25) is 14.7 Å². The lowest BCUT2D eigenvalue weighted by molar-refractivity contribution is -0.127. The number of H-pyrrole nitrogens is 1. The van der Waals surface area contributed by atoms with Gasteiger partial charge in [0.1, 0.15) is 5.75 Å². The largest absolute Gasteiger partial charge is 0.492 e. The molecule has 0 spiro atoms. The van der Waals surface area contributed by atoms with Crippen molar-refractivity contribution < 1.29 is 9.53 Å². The van der Waals surface area contributed by atoms with E-state index in [1.54, 1.807) is 12.4 Å². The van der Waals surface area contributed by atoms with E-state index in [1.165, 1.54) is 27.3 Å². The Hall–Kier alpha value is -4.16. The Morgan fingerprint density at radius 3 is 2.77 bits per heavy atom. The van der Waals surface area contributed by atoms with E-state index in [4.69, 9.17) is 4.74 Å². The molecular formula is C33H34N4O2. The van der Waals surface area contributed by atoms with Crippen LogP contribution < -0.4 is 10.1 Å². The number of fused-ring (bicyclic) bond motifs is 2. The molecule has 6 heteroatoms. The van der Waals surface area contributed by atoms with Gasteiger partial charge in [-0.25, -0.2) is 0 Å². The number of likely N-dealkylation sites (tertiary alicyclic amines) is 1. The Balaban J connectivity index is 1.12. The van der Waals surface area contributed by atoms with Crippen molar-refractivity contribution >= 4 is 27.6 Å². The van der Waals surface area contributed by atoms with E-state index in [0.717, 1.165) is 43.7 Å². The number of hydrogen-bond donors (Lipinski definition) is 2. The predicted molar refractivity (Wildman–Crippen MR) is 156 cm³/mol. The molecule has 0 unspecified atom stereocenters. The number of rotatable bonds is 9. The Labute approximate surface area is 229 Å². The maximum absolute atomic E-state index is 13.4. The lowest BCUT2D eigenvalue weighted by Crippen LogP contribution is -2.47. The molecule has 0 saturated carbocycles. The zero-order valence-electron chi connectivity index (χ0n) is 22.1. The summed E-state index contributed by atoms with van der Waals surface area (Å²) < 4.78 is 6.08. The quantitative estimate of drug-likeness (QED) is 0.267. The minimum atomic E-state index is -0.0790. The van der Waals surface area contributed by atoms with Crippen LogP contribution >= 0.6 is 0 Å². The third-order valence-corrected chi connectivity index (χ3v) is 7.69. The summed E-state index contributed by atoms with van der Waals surface area (Å²) in [5, 5.41) is 6.94. The van der Waals surface area contributed by atoms with Crippen molar-refractivity contribution in [1.29, 1.82) is 0 Å². The molecule has 2 aromatic heterocycles. The molecule has 6 rings (SSSR count). The van der Waals surface area contributed by atoms with Gasteiger partial charge in [0.15, 0.2) is 0 Å². The van der Waals surface area contributed by atoms with Crippen molar-refractivity contribution in [3.63, 3.8) is 0 Å². The van der Waals surface area contributed by atoms with Gasteiger partial charge in [-0.15, -0.1) is 0 Å². The summed E-state index contributed by atoms with van der Waals surface area (Å²) in [6, 6.07) is 27.2. The maximum atomic E-state index is 13.4. The van der Waals surface area contributed by atoms with Crippen LogP contribution in [0.4, 0.5) is 0 Å². The van der Waals surface area contributed by atoms with Crippen LogP contribution in [0.15, 0.2) is 97.5 Å². The minimum absolute atomic E-state index is 0.0790. The number of carbonyl (C=O) groups is 1. The number of benzene rings is 3. The molecule has 0 bridgehead atoms. The number of hydrogen-bond acceptors (Lipinski definition) is 4. The van der Waals surface area contributed by atoms with Crippen molar-refractivity contribution in [2.45, 2.75) is 19.4 Å². The highest BCUT2D eigenvalue weighted by atomic mass is 16.5. The van der Waals surface area contributed by atoms with Gasteiger partial charge in [-0.1, -0.05) is 54.6 Å². The molecule has 1 aliphatic heterocycles. The van der Waals surface area contributed by atoms with Gasteiger partial charge < -0.3 is 15.0 Å². The average molecular weight is 519 g/mol. The number of pyridine rings is 1. The zero-order chi connectivity index (χ0) is 26.4. The fraction of sp³-hybridized carbons (Fsp3) is 0.273. The molecule has 3 aromatic carbocycles. The van der Waals surface area contributed by atoms with Gasteiger partial charge >= 0.3 is 0 Å². The Morgan fingerprint density at radius 1 is 1.00 bits per heavy atom. The van der Waals surface area contributed by atoms with E-state index in [-0.39, 0.29) is 17.7 Å². The highest BCUT2D eigenvalue weighted by Gasteiger charge is 2.32. The predicted octanol–water partition coefficient (Wildman–Crippen LogP) is 5.59. The number of aromatic amines is 1. The molecule has 1 amide bonds. The lowest BCUT2D eigenvalue weighted by atomic mass is 9.88. The van der Waals surface area contributed by atoms with Crippen LogP contribution in [0.2, 0.25) is 0 Å². The van der Waals surface area contributed by atoms with E-state index in [2.05, 4.69) is 87.0 Å². The van der Waals surface area contributed by atoms with E-state index < -0.39 is 0 Å². The molecule has 0 aliphatic carbocycles. The molecule has 6 nitrogen and oxygen atoms in total. The maximum Gasteiger partial charge on any atom is 0.224 e. The van der Waals surface area contributed by atoms with Gasteiger partial charge in [0.05, 0.1) is 18.7 Å². The number of nitrogens with zero attached hydrogens (tertiary/aromatic N) is 2. The summed E-state index contributed by atoms with van der Waals surface area (Å²) in [5.41, 5.74) is 3.63. The summed E-state index contributed by atoms with van der Waals surface area (Å²) in [7, 11) is 0. The summed E-state index contributed by atoms with van der Waals surface area (Å²) in [6.45, 7) is 3.65. The van der Waals surface area contributed by atoms with Crippen LogP contribution in [-0.4, -0.2) is 47.0 Å². The molecule has 3 heterocycles. The van der Waals surface area contributed by atoms with E-state index in [0.29, 0.717) is 13.2 Å². The zero-order valence-corrected chi connectivity index (χ0v) is 22.1. The molecule has 1 fully saturated rings. The minimum Gasteiger partial charge on any atom is -0.492 e. The highest BCUT2D eigenvalue weighted by molar-refractivity contribution is 5.84. The standard InChI is InChI=1S/C33H34N4O2/c38-33(35-15-13-28-18-36-32-10-4-3-9-31(28)32)29-17-25(23-39-30-8-5-14-34-19-30)21-37(22-29)20-24-11-12-26-6-1-2-7-27(26)16-24/h1-12,14,16,18-19,25,29,36H,13,15,17,20-23H2,(H,35,38)/t25-,29+/m0/s1. The van der Waals surface area contributed by atoms with E-state index >= 15 is 0 Å². The van der Waals surface area contributed by atoms with Crippen LogP contribution in [-0.2, 0) is 17.8 Å². The number of amides is 1. The second kappa shape index (κ2) is 11.7. The number of piperidine rings is 1. The fourth-order valence-electron chi connectivity index (χ4n) is 5.79. The van der Waals surface area contributed by atoms with Crippen LogP contribution in [0.5, 0.6) is 5.75 Å². The third kappa shape index (κ3) is 6.13. The lowest BCUT2D eigenvalue weighted by Gasteiger charge is -2.37. The average Bonchev–Trinajstić information content (AvgIpc) is 3.39. The number of ether oxygens (including phenoxy) is 1. The Bertz CT molecular complexity index is 1550. The van der Waals surface area contributed by atoms with Crippen molar-refractivity contribution in [3.05, 3.63) is 109 Å². The summed E-state index contributed by atoms with van der Waals surface area (Å²) in [5.74, 6) is 1.07. The molecular weight excluding hydrogens is 484 g/mol. The van der Waals surface area contributed by atoms with Crippen LogP contribution in [0.25, 0.3) is 21.7 Å². The molecule has 5 aromatic rings.